The van der Waals surface area contributed by atoms with Gasteiger partial charge in [0.1, 0.15) is 5.82 Å². The highest BCUT2D eigenvalue weighted by atomic mass is 19.1. The van der Waals surface area contributed by atoms with Crippen molar-refractivity contribution in [3.8, 4) is 5.75 Å². The quantitative estimate of drug-likeness (QED) is 0.822. The number of ether oxygens (including phenoxy) is 1. The number of rotatable bonds is 6. The molecule has 1 heterocycles. The van der Waals surface area contributed by atoms with Gasteiger partial charge in [0.25, 0.3) is 0 Å². The van der Waals surface area contributed by atoms with E-state index in [1.165, 1.54) is 25.3 Å². The van der Waals surface area contributed by atoms with Gasteiger partial charge in [-0.2, -0.15) is 0 Å². The standard InChI is InChI=1S/C15H13FN2O4/c1-9(19)10-8-17-13(18-14(10)15(20)21)6-7-22-12-5-3-2-4-11(12)16/h2-5,8H,6-7H2,1H3,(H,20,21). The number of nitrogens with zero attached hydrogens (tertiary/aromatic N) is 2. The summed E-state index contributed by atoms with van der Waals surface area (Å²) in [5.74, 6) is -1.91. The van der Waals surface area contributed by atoms with Gasteiger partial charge in [-0.05, 0) is 19.1 Å². The molecule has 1 aromatic heterocycles. The summed E-state index contributed by atoms with van der Waals surface area (Å²) >= 11 is 0. The van der Waals surface area contributed by atoms with Crippen LogP contribution in [-0.4, -0.2) is 33.4 Å². The van der Waals surface area contributed by atoms with E-state index in [0.29, 0.717) is 0 Å². The molecule has 0 amide bonds. The Labute approximate surface area is 125 Å². The molecule has 2 aromatic rings. The topological polar surface area (TPSA) is 89.4 Å². The van der Waals surface area contributed by atoms with Crippen molar-refractivity contribution in [1.29, 1.82) is 0 Å². The van der Waals surface area contributed by atoms with Crippen molar-refractivity contribution in [3.63, 3.8) is 0 Å². The van der Waals surface area contributed by atoms with E-state index in [4.69, 9.17) is 9.84 Å². The van der Waals surface area contributed by atoms with Gasteiger partial charge in [-0.1, -0.05) is 12.1 Å². The van der Waals surface area contributed by atoms with Gasteiger partial charge in [-0.25, -0.2) is 19.2 Å². The first-order valence-electron chi connectivity index (χ1n) is 6.46. The summed E-state index contributed by atoms with van der Waals surface area (Å²) in [5.41, 5.74) is -0.394. The maximum atomic E-state index is 13.4. The lowest BCUT2D eigenvalue weighted by molar-refractivity contribution is 0.0685. The molecule has 1 aromatic carbocycles. The molecule has 7 heteroatoms. The normalized spacial score (nSPS) is 10.3. The first-order valence-corrected chi connectivity index (χ1v) is 6.46. The molecule has 0 saturated carbocycles. The molecule has 0 aliphatic carbocycles. The van der Waals surface area contributed by atoms with Gasteiger partial charge in [-0.15, -0.1) is 0 Å². The van der Waals surface area contributed by atoms with Gasteiger partial charge in [0.05, 0.1) is 12.2 Å². The van der Waals surface area contributed by atoms with Gasteiger partial charge in [0.2, 0.25) is 0 Å². The second kappa shape index (κ2) is 6.75. The third-order valence-electron chi connectivity index (χ3n) is 2.84. The lowest BCUT2D eigenvalue weighted by Gasteiger charge is -2.07. The molecule has 0 atom stereocenters. The highest BCUT2D eigenvalue weighted by Gasteiger charge is 2.17. The van der Waals surface area contributed by atoms with Gasteiger partial charge in [-0.3, -0.25) is 4.79 Å². The smallest absolute Gasteiger partial charge is 0.355 e. The van der Waals surface area contributed by atoms with E-state index in [1.54, 1.807) is 12.1 Å². The van der Waals surface area contributed by atoms with E-state index in [-0.39, 0.29) is 35.9 Å². The van der Waals surface area contributed by atoms with Crippen LogP contribution in [0.4, 0.5) is 4.39 Å². The van der Waals surface area contributed by atoms with Crippen molar-refractivity contribution in [2.75, 3.05) is 6.61 Å². The van der Waals surface area contributed by atoms with E-state index in [2.05, 4.69) is 9.97 Å². The summed E-state index contributed by atoms with van der Waals surface area (Å²) in [4.78, 5) is 30.2. The Morgan fingerprint density at radius 2 is 2.05 bits per heavy atom. The van der Waals surface area contributed by atoms with E-state index in [0.717, 1.165) is 0 Å². The van der Waals surface area contributed by atoms with Crippen LogP contribution >= 0.6 is 0 Å². The first-order chi connectivity index (χ1) is 10.5. The molecule has 0 unspecified atom stereocenters. The maximum Gasteiger partial charge on any atom is 0.355 e. The summed E-state index contributed by atoms with van der Waals surface area (Å²) in [6.45, 7) is 1.32. The third kappa shape index (κ3) is 3.63. The van der Waals surface area contributed by atoms with E-state index >= 15 is 0 Å². The molecule has 2 rings (SSSR count). The Bertz CT molecular complexity index is 718. The molecule has 0 bridgehead atoms. The number of hydrogen-bond acceptors (Lipinski definition) is 5. The Balaban J connectivity index is 2.08. The largest absolute Gasteiger partial charge is 0.490 e. The SMILES string of the molecule is CC(=O)c1cnc(CCOc2ccccc2F)nc1C(=O)O. The average Bonchev–Trinajstić information content (AvgIpc) is 2.49. The van der Waals surface area contributed by atoms with Crippen molar-refractivity contribution >= 4 is 11.8 Å². The third-order valence-corrected chi connectivity index (χ3v) is 2.84. The van der Waals surface area contributed by atoms with Gasteiger partial charge in [0.15, 0.2) is 23.0 Å². The molecule has 6 nitrogen and oxygen atoms in total. The predicted octanol–water partition coefficient (Wildman–Crippen LogP) is 2.14. The van der Waals surface area contributed by atoms with Crippen molar-refractivity contribution in [3.05, 3.63) is 53.4 Å². The summed E-state index contributed by atoms with van der Waals surface area (Å²) in [5, 5.41) is 9.06. The fourth-order valence-corrected chi connectivity index (χ4v) is 1.77. The zero-order valence-corrected chi connectivity index (χ0v) is 11.7. The Kier molecular flexibility index (Phi) is 4.77. The summed E-state index contributed by atoms with van der Waals surface area (Å²) in [6, 6.07) is 5.94. The minimum absolute atomic E-state index is 0.0497. The summed E-state index contributed by atoms with van der Waals surface area (Å²) in [6.07, 6.45) is 1.37. The number of carboxylic acids is 1. The lowest BCUT2D eigenvalue weighted by atomic mass is 10.1. The zero-order valence-electron chi connectivity index (χ0n) is 11.7. The van der Waals surface area contributed by atoms with Crippen molar-refractivity contribution < 1.29 is 23.8 Å². The second-order valence-corrected chi connectivity index (χ2v) is 4.44. The zero-order chi connectivity index (χ0) is 16.1. The number of hydrogen-bond donors (Lipinski definition) is 1. The van der Waals surface area contributed by atoms with E-state index < -0.39 is 17.6 Å². The van der Waals surface area contributed by atoms with E-state index in [9.17, 15) is 14.0 Å². The fraction of sp³-hybridized carbons (Fsp3) is 0.200. The van der Waals surface area contributed by atoms with Crippen LogP contribution in [0.5, 0.6) is 5.75 Å². The number of carbonyl (C=O) groups is 2. The van der Waals surface area contributed by atoms with Gasteiger partial charge in [0, 0.05) is 12.6 Å². The van der Waals surface area contributed by atoms with Crippen LogP contribution in [0.25, 0.3) is 0 Å². The average molecular weight is 304 g/mol. The van der Waals surface area contributed by atoms with Crippen LogP contribution in [0.2, 0.25) is 0 Å². The number of halogens is 1. The number of aromatic nitrogens is 2. The molecule has 0 fully saturated rings. The molecular weight excluding hydrogens is 291 g/mol. The van der Waals surface area contributed by atoms with Crippen LogP contribution in [0.3, 0.4) is 0 Å². The molecule has 0 aliphatic heterocycles. The van der Waals surface area contributed by atoms with Crippen molar-refractivity contribution in [2.45, 2.75) is 13.3 Å². The highest BCUT2D eigenvalue weighted by Crippen LogP contribution is 2.15. The summed E-state index contributed by atoms with van der Waals surface area (Å²) in [7, 11) is 0. The number of para-hydroxylation sites is 1. The predicted molar refractivity (Wildman–Crippen MR) is 74.6 cm³/mol. The Hall–Kier alpha value is -2.83. The second-order valence-electron chi connectivity index (χ2n) is 4.44. The van der Waals surface area contributed by atoms with Crippen LogP contribution < -0.4 is 4.74 Å². The maximum absolute atomic E-state index is 13.4. The number of aromatic carboxylic acids is 1. The Morgan fingerprint density at radius 3 is 2.68 bits per heavy atom. The number of carboxylic acid groups (broad SMARTS) is 1. The minimum atomic E-state index is -1.30. The summed E-state index contributed by atoms with van der Waals surface area (Å²) < 4.78 is 18.6. The number of benzene rings is 1. The molecule has 22 heavy (non-hydrogen) atoms. The fourth-order valence-electron chi connectivity index (χ4n) is 1.77. The molecule has 0 aliphatic rings. The highest BCUT2D eigenvalue weighted by molar-refractivity contribution is 6.03. The van der Waals surface area contributed by atoms with Crippen molar-refractivity contribution in [1.82, 2.24) is 9.97 Å². The van der Waals surface area contributed by atoms with Crippen LogP contribution in [0.15, 0.2) is 30.5 Å². The number of ketones is 1. The molecule has 0 radical (unpaired) electrons. The van der Waals surface area contributed by atoms with Crippen LogP contribution in [0.1, 0.15) is 33.6 Å². The molecule has 114 valence electrons. The van der Waals surface area contributed by atoms with Crippen LogP contribution in [-0.2, 0) is 6.42 Å². The molecular formula is C15H13FN2O4. The first kappa shape index (κ1) is 15.6. The van der Waals surface area contributed by atoms with Crippen molar-refractivity contribution in [2.24, 2.45) is 0 Å². The molecule has 0 spiro atoms. The van der Waals surface area contributed by atoms with Gasteiger partial charge >= 0.3 is 5.97 Å². The number of Topliss-reactive ketones (excluding diaryl/α,β-unsaturated/α-hetero) is 1. The molecule has 0 saturated heterocycles. The monoisotopic (exact) mass is 304 g/mol. The molecule has 1 N–H and O–H groups in total. The van der Waals surface area contributed by atoms with Gasteiger partial charge < -0.3 is 9.84 Å². The van der Waals surface area contributed by atoms with E-state index in [1.807, 2.05) is 0 Å². The van der Waals surface area contributed by atoms with Crippen LogP contribution in [0, 0.1) is 5.82 Å². The number of carbonyl (C=O) groups excluding carboxylic acids is 1. The Morgan fingerprint density at radius 1 is 1.32 bits per heavy atom. The minimum Gasteiger partial charge on any atom is -0.490 e. The lowest BCUT2D eigenvalue weighted by Crippen LogP contribution is -2.14.